The Labute approximate surface area is 160 Å². The summed E-state index contributed by atoms with van der Waals surface area (Å²) in [5, 5.41) is 9.29. The predicted octanol–water partition coefficient (Wildman–Crippen LogP) is 4.67. The first-order chi connectivity index (χ1) is 13.0. The molecular formula is C21H18N2O3S. The number of imidazole rings is 1. The minimum absolute atomic E-state index is 0.0187. The summed E-state index contributed by atoms with van der Waals surface area (Å²) < 4.78 is 7.20. The molecule has 0 saturated carbocycles. The van der Waals surface area contributed by atoms with Crippen LogP contribution in [0, 0.1) is 6.92 Å². The van der Waals surface area contributed by atoms with Crippen molar-refractivity contribution in [1.82, 2.24) is 9.38 Å². The molecule has 0 amide bonds. The maximum atomic E-state index is 11.3. The molecule has 0 radical (unpaired) electrons. The molecule has 0 bridgehead atoms. The average Bonchev–Trinajstić information content (AvgIpc) is 3.20. The first kappa shape index (κ1) is 17.3. The fraction of sp³-hybridized carbons (Fsp3) is 0.143. The van der Waals surface area contributed by atoms with Gasteiger partial charge in [-0.2, -0.15) is 0 Å². The summed E-state index contributed by atoms with van der Waals surface area (Å²) in [5.41, 5.74) is 4.88. The van der Waals surface area contributed by atoms with Gasteiger partial charge in [-0.15, -0.1) is 11.3 Å². The van der Waals surface area contributed by atoms with E-state index in [4.69, 9.17) is 9.72 Å². The minimum Gasteiger partial charge on any atom is -0.497 e. The van der Waals surface area contributed by atoms with Gasteiger partial charge in [-0.05, 0) is 36.8 Å². The van der Waals surface area contributed by atoms with Gasteiger partial charge in [0, 0.05) is 16.6 Å². The van der Waals surface area contributed by atoms with E-state index in [9.17, 15) is 9.90 Å². The lowest BCUT2D eigenvalue weighted by atomic mass is 10.1. The fourth-order valence-electron chi connectivity index (χ4n) is 3.06. The number of aromatic nitrogens is 2. The van der Waals surface area contributed by atoms with Gasteiger partial charge in [-0.1, -0.05) is 29.8 Å². The Hall–Kier alpha value is -3.12. The Balaban J connectivity index is 1.85. The Morgan fingerprint density at radius 2 is 1.78 bits per heavy atom. The molecule has 2 aromatic carbocycles. The third-order valence-electron chi connectivity index (χ3n) is 4.42. The van der Waals surface area contributed by atoms with Crippen LogP contribution in [-0.4, -0.2) is 27.6 Å². The van der Waals surface area contributed by atoms with Crippen molar-refractivity contribution in [3.8, 4) is 28.3 Å². The molecule has 2 aromatic heterocycles. The number of carboxylic acid groups (broad SMARTS) is 1. The number of fused-ring (bicyclic) bond motifs is 1. The molecule has 0 aliphatic rings. The molecule has 2 heterocycles. The number of hydrogen-bond donors (Lipinski definition) is 1. The average molecular weight is 378 g/mol. The highest BCUT2D eigenvalue weighted by Crippen LogP contribution is 2.34. The van der Waals surface area contributed by atoms with Gasteiger partial charge in [0.1, 0.15) is 5.75 Å². The molecular weight excluding hydrogens is 360 g/mol. The second-order valence-electron chi connectivity index (χ2n) is 6.32. The summed E-state index contributed by atoms with van der Waals surface area (Å²) in [7, 11) is 1.64. The highest BCUT2D eigenvalue weighted by Gasteiger charge is 2.19. The number of nitrogens with zero attached hydrogens (tertiary/aromatic N) is 2. The summed E-state index contributed by atoms with van der Waals surface area (Å²) in [6.45, 7) is 2.03. The van der Waals surface area contributed by atoms with E-state index in [1.54, 1.807) is 7.11 Å². The van der Waals surface area contributed by atoms with Gasteiger partial charge < -0.3 is 9.84 Å². The Morgan fingerprint density at radius 1 is 1.11 bits per heavy atom. The molecule has 5 nitrogen and oxygen atoms in total. The lowest BCUT2D eigenvalue weighted by Gasteiger charge is -2.05. The van der Waals surface area contributed by atoms with Crippen LogP contribution >= 0.6 is 11.3 Å². The second kappa shape index (κ2) is 6.89. The van der Waals surface area contributed by atoms with Gasteiger partial charge in [0.2, 0.25) is 0 Å². The first-order valence-electron chi connectivity index (χ1n) is 8.49. The number of ether oxygens (including phenoxy) is 1. The van der Waals surface area contributed by atoms with Crippen molar-refractivity contribution in [2.45, 2.75) is 13.3 Å². The van der Waals surface area contributed by atoms with Crippen LogP contribution in [0.3, 0.4) is 0 Å². The SMILES string of the molecule is COc1ccc(-c2cn3c(-c4ccc(C)cc4)c(CC(=O)O)sc3n2)cc1. The summed E-state index contributed by atoms with van der Waals surface area (Å²) in [5.74, 6) is -0.0490. The summed E-state index contributed by atoms with van der Waals surface area (Å²) in [6.07, 6.45) is 1.95. The molecule has 0 atom stereocenters. The fourth-order valence-corrected chi connectivity index (χ4v) is 4.17. The maximum absolute atomic E-state index is 11.3. The summed E-state index contributed by atoms with van der Waals surface area (Å²) >= 11 is 1.42. The van der Waals surface area contributed by atoms with E-state index in [-0.39, 0.29) is 6.42 Å². The van der Waals surface area contributed by atoms with E-state index in [0.717, 1.165) is 43.7 Å². The normalized spacial score (nSPS) is 11.0. The maximum Gasteiger partial charge on any atom is 0.308 e. The largest absolute Gasteiger partial charge is 0.497 e. The van der Waals surface area contributed by atoms with Crippen molar-refractivity contribution in [3.63, 3.8) is 0 Å². The van der Waals surface area contributed by atoms with Gasteiger partial charge in [0.05, 0.1) is 24.9 Å². The Kier molecular flexibility index (Phi) is 4.41. The monoisotopic (exact) mass is 378 g/mol. The van der Waals surface area contributed by atoms with Crippen molar-refractivity contribution in [3.05, 3.63) is 65.2 Å². The molecule has 0 saturated heterocycles. The number of methoxy groups -OCH3 is 1. The molecule has 0 unspecified atom stereocenters. The van der Waals surface area contributed by atoms with E-state index < -0.39 is 5.97 Å². The van der Waals surface area contributed by atoms with E-state index in [2.05, 4.69) is 0 Å². The van der Waals surface area contributed by atoms with E-state index in [0.29, 0.717) is 0 Å². The number of aryl methyl sites for hydroxylation is 1. The van der Waals surface area contributed by atoms with E-state index >= 15 is 0 Å². The number of benzene rings is 2. The quantitative estimate of drug-likeness (QED) is 0.548. The van der Waals surface area contributed by atoms with Crippen LogP contribution in [0.25, 0.3) is 27.5 Å². The van der Waals surface area contributed by atoms with Crippen molar-refractivity contribution < 1.29 is 14.6 Å². The van der Waals surface area contributed by atoms with Gasteiger partial charge in [-0.25, -0.2) is 4.98 Å². The van der Waals surface area contributed by atoms with Crippen molar-refractivity contribution in [2.24, 2.45) is 0 Å². The van der Waals surface area contributed by atoms with Crippen LogP contribution in [0.15, 0.2) is 54.7 Å². The Bertz CT molecular complexity index is 1110. The summed E-state index contributed by atoms with van der Waals surface area (Å²) in [6, 6.07) is 15.9. The number of carbonyl (C=O) groups is 1. The number of aliphatic carboxylic acids is 1. The number of thiazole rings is 1. The topological polar surface area (TPSA) is 63.8 Å². The molecule has 0 fully saturated rings. The van der Waals surface area contributed by atoms with E-state index in [1.807, 2.05) is 66.1 Å². The van der Waals surface area contributed by atoms with Gasteiger partial charge in [-0.3, -0.25) is 9.20 Å². The smallest absolute Gasteiger partial charge is 0.308 e. The van der Waals surface area contributed by atoms with Crippen LogP contribution in [0.5, 0.6) is 5.75 Å². The highest BCUT2D eigenvalue weighted by atomic mass is 32.1. The lowest BCUT2D eigenvalue weighted by Crippen LogP contribution is -2.00. The van der Waals surface area contributed by atoms with Gasteiger partial charge in [0.25, 0.3) is 0 Å². The van der Waals surface area contributed by atoms with Crippen LogP contribution < -0.4 is 4.74 Å². The molecule has 1 N–H and O–H groups in total. The molecule has 4 aromatic rings. The van der Waals surface area contributed by atoms with Crippen molar-refractivity contribution in [2.75, 3.05) is 7.11 Å². The molecule has 0 aliphatic carbocycles. The number of rotatable bonds is 5. The molecule has 136 valence electrons. The third kappa shape index (κ3) is 3.31. The minimum atomic E-state index is -0.844. The van der Waals surface area contributed by atoms with Crippen LogP contribution in [0.2, 0.25) is 0 Å². The Morgan fingerprint density at radius 3 is 2.41 bits per heavy atom. The van der Waals surface area contributed by atoms with Crippen LogP contribution in [0.1, 0.15) is 10.4 Å². The first-order valence-corrected chi connectivity index (χ1v) is 9.31. The molecule has 0 spiro atoms. The van der Waals surface area contributed by atoms with Crippen LogP contribution in [-0.2, 0) is 11.2 Å². The summed E-state index contributed by atoms with van der Waals surface area (Å²) in [4.78, 5) is 17.6. The number of carboxylic acids is 1. The highest BCUT2D eigenvalue weighted by molar-refractivity contribution is 7.17. The standard InChI is InChI=1S/C21H18N2O3S/c1-13-3-5-15(6-4-13)20-18(11-19(24)25)27-21-22-17(12-23(20)21)14-7-9-16(26-2)10-8-14/h3-10,12H,11H2,1-2H3,(H,24,25). The zero-order valence-corrected chi connectivity index (χ0v) is 15.8. The molecule has 6 heteroatoms. The lowest BCUT2D eigenvalue weighted by molar-refractivity contribution is -0.136. The third-order valence-corrected chi connectivity index (χ3v) is 5.47. The molecule has 0 aliphatic heterocycles. The predicted molar refractivity (Wildman–Crippen MR) is 107 cm³/mol. The number of hydrogen-bond acceptors (Lipinski definition) is 4. The zero-order chi connectivity index (χ0) is 19.0. The molecule has 4 rings (SSSR count). The second-order valence-corrected chi connectivity index (χ2v) is 7.38. The zero-order valence-electron chi connectivity index (χ0n) is 15.0. The van der Waals surface area contributed by atoms with E-state index in [1.165, 1.54) is 11.3 Å². The van der Waals surface area contributed by atoms with Crippen molar-refractivity contribution >= 4 is 22.3 Å². The van der Waals surface area contributed by atoms with Gasteiger partial charge in [0.15, 0.2) is 4.96 Å². The van der Waals surface area contributed by atoms with Crippen molar-refractivity contribution in [1.29, 1.82) is 0 Å². The van der Waals surface area contributed by atoms with Gasteiger partial charge >= 0.3 is 5.97 Å². The molecule has 27 heavy (non-hydrogen) atoms. The van der Waals surface area contributed by atoms with Crippen LogP contribution in [0.4, 0.5) is 0 Å².